The van der Waals surface area contributed by atoms with Gasteiger partial charge in [0, 0.05) is 26.1 Å². The van der Waals surface area contributed by atoms with Gasteiger partial charge in [-0.25, -0.2) is 9.97 Å². The molecule has 0 aliphatic carbocycles. The van der Waals surface area contributed by atoms with Crippen molar-refractivity contribution in [1.82, 2.24) is 15.3 Å². The van der Waals surface area contributed by atoms with Crippen LogP contribution in [0.25, 0.3) is 11.0 Å². The number of para-hydroxylation sites is 2. The minimum atomic E-state index is 0.125. The lowest BCUT2D eigenvalue weighted by Crippen LogP contribution is -2.40. The van der Waals surface area contributed by atoms with Gasteiger partial charge >= 0.3 is 0 Å². The zero-order chi connectivity index (χ0) is 14.8. The highest BCUT2D eigenvalue weighted by Crippen LogP contribution is 2.25. The third-order valence-electron chi connectivity index (χ3n) is 4.13. The number of carbonyl (C=O) groups is 1. The van der Waals surface area contributed by atoms with E-state index in [9.17, 15) is 4.79 Å². The van der Waals surface area contributed by atoms with Crippen LogP contribution in [-0.2, 0) is 4.79 Å². The molecule has 5 nitrogen and oxygen atoms in total. The SMILES string of the molecule is CNC(=O)C1CCN(c2nc3ccccc3nc2C)CC1. The number of piperidine rings is 1. The van der Waals surface area contributed by atoms with Crippen LogP contribution >= 0.6 is 0 Å². The van der Waals surface area contributed by atoms with Gasteiger partial charge < -0.3 is 10.2 Å². The third kappa shape index (κ3) is 2.68. The normalized spacial score (nSPS) is 16.2. The summed E-state index contributed by atoms with van der Waals surface area (Å²) in [5.41, 5.74) is 2.80. The Balaban J connectivity index is 1.82. The Labute approximate surface area is 124 Å². The summed E-state index contributed by atoms with van der Waals surface area (Å²) in [5.74, 6) is 1.22. The fourth-order valence-electron chi connectivity index (χ4n) is 2.94. The Morgan fingerprint density at radius 1 is 1.19 bits per heavy atom. The van der Waals surface area contributed by atoms with E-state index in [0.717, 1.165) is 48.5 Å². The van der Waals surface area contributed by atoms with E-state index in [2.05, 4.69) is 15.2 Å². The van der Waals surface area contributed by atoms with Crippen molar-refractivity contribution in [3.8, 4) is 0 Å². The highest BCUT2D eigenvalue weighted by Gasteiger charge is 2.25. The molecule has 1 aliphatic heterocycles. The van der Waals surface area contributed by atoms with E-state index < -0.39 is 0 Å². The lowest BCUT2D eigenvalue weighted by atomic mass is 9.96. The van der Waals surface area contributed by atoms with E-state index in [4.69, 9.17) is 4.98 Å². The first-order valence-electron chi connectivity index (χ1n) is 7.39. The number of fused-ring (bicyclic) bond motifs is 1. The minimum absolute atomic E-state index is 0.125. The van der Waals surface area contributed by atoms with Gasteiger partial charge in [-0.05, 0) is 31.9 Å². The second kappa shape index (κ2) is 5.68. The molecule has 0 radical (unpaired) electrons. The van der Waals surface area contributed by atoms with Crippen LogP contribution in [0.4, 0.5) is 5.82 Å². The number of aromatic nitrogens is 2. The standard InChI is InChI=1S/C16H20N4O/c1-11-15(19-14-6-4-3-5-13(14)18-11)20-9-7-12(8-10-20)16(21)17-2/h3-6,12H,7-10H2,1-2H3,(H,17,21). The van der Waals surface area contributed by atoms with Crippen LogP contribution in [0.2, 0.25) is 0 Å². The molecule has 1 aromatic carbocycles. The number of aryl methyl sites for hydroxylation is 1. The first-order chi connectivity index (χ1) is 10.2. The van der Waals surface area contributed by atoms with Crippen molar-refractivity contribution in [3.05, 3.63) is 30.0 Å². The van der Waals surface area contributed by atoms with Crippen LogP contribution in [-0.4, -0.2) is 36.0 Å². The second-order valence-electron chi connectivity index (χ2n) is 5.50. The fraction of sp³-hybridized carbons (Fsp3) is 0.438. The molecule has 1 N–H and O–H groups in total. The Morgan fingerprint density at radius 3 is 2.43 bits per heavy atom. The lowest BCUT2D eigenvalue weighted by Gasteiger charge is -2.32. The van der Waals surface area contributed by atoms with E-state index in [1.807, 2.05) is 31.2 Å². The van der Waals surface area contributed by atoms with Crippen molar-refractivity contribution in [2.45, 2.75) is 19.8 Å². The topological polar surface area (TPSA) is 58.1 Å². The van der Waals surface area contributed by atoms with Crippen molar-refractivity contribution in [2.75, 3.05) is 25.0 Å². The van der Waals surface area contributed by atoms with E-state index >= 15 is 0 Å². The van der Waals surface area contributed by atoms with Crippen molar-refractivity contribution in [2.24, 2.45) is 5.92 Å². The van der Waals surface area contributed by atoms with Gasteiger partial charge in [0.2, 0.25) is 5.91 Å². The summed E-state index contributed by atoms with van der Waals surface area (Å²) < 4.78 is 0. The molecule has 1 aromatic heterocycles. The number of rotatable bonds is 2. The number of nitrogens with zero attached hydrogens (tertiary/aromatic N) is 3. The zero-order valence-corrected chi connectivity index (χ0v) is 12.5. The number of hydrogen-bond donors (Lipinski definition) is 1. The first-order valence-corrected chi connectivity index (χ1v) is 7.39. The third-order valence-corrected chi connectivity index (χ3v) is 4.13. The minimum Gasteiger partial charge on any atom is -0.359 e. The predicted octanol–water partition coefficient (Wildman–Crippen LogP) is 1.90. The van der Waals surface area contributed by atoms with Crippen LogP contribution in [0.1, 0.15) is 18.5 Å². The molecule has 2 aromatic rings. The molecule has 1 amide bonds. The number of nitrogens with one attached hydrogen (secondary N) is 1. The number of anilines is 1. The summed E-state index contributed by atoms with van der Waals surface area (Å²) in [6.07, 6.45) is 1.74. The summed E-state index contributed by atoms with van der Waals surface area (Å²) in [7, 11) is 1.70. The summed E-state index contributed by atoms with van der Waals surface area (Å²) in [4.78, 5) is 23.3. The van der Waals surface area contributed by atoms with Crippen LogP contribution in [0, 0.1) is 12.8 Å². The maximum Gasteiger partial charge on any atom is 0.222 e. The number of hydrogen-bond acceptors (Lipinski definition) is 4. The fourth-order valence-corrected chi connectivity index (χ4v) is 2.94. The Bertz CT molecular complexity index is 662. The van der Waals surface area contributed by atoms with Gasteiger partial charge in [0.1, 0.15) is 0 Å². The van der Waals surface area contributed by atoms with Crippen LogP contribution in [0.3, 0.4) is 0 Å². The molecular formula is C16H20N4O. The monoisotopic (exact) mass is 284 g/mol. The molecular weight excluding hydrogens is 264 g/mol. The quantitative estimate of drug-likeness (QED) is 0.915. The molecule has 1 saturated heterocycles. The molecule has 5 heteroatoms. The number of benzene rings is 1. The van der Waals surface area contributed by atoms with Crippen LogP contribution < -0.4 is 10.2 Å². The van der Waals surface area contributed by atoms with Gasteiger partial charge in [0.25, 0.3) is 0 Å². The average molecular weight is 284 g/mol. The van der Waals surface area contributed by atoms with E-state index in [1.165, 1.54) is 0 Å². The lowest BCUT2D eigenvalue weighted by molar-refractivity contribution is -0.125. The summed E-state index contributed by atoms with van der Waals surface area (Å²) >= 11 is 0. The molecule has 0 spiro atoms. The summed E-state index contributed by atoms with van der Waals surface area (Å²) in [6, 6.07) is 7.93. The summed E-state index contributed by atoms with van der Waals surface area (Å²) in [5, 5.41) is 2.74. The highest BCUT2D eigenvalue weighted by molar-refractivity contribution is 5.79. The number of amides is 1. The molecule has 1 aliphatic rings. The molecule has 0 bridgehead atoms. The van der Waals surface area contributed by atoms with Gasteiger partial charge in [-0.15, -0.1) is 0 Å². The van der Waals surface area contributed by atoms with Crippen molar-refractivity contribution in [3.63, 3.8) is 0 Å². The zero-order valence-electron chi connectivity index (χ0n) is 12.5. The van der Waals surface area contributed by atoms with Crippen molar-refractivity contribution in [1.29, 1.82) is 0 Å². The highest BCUT2D eigenvalue weighted by atomic mass is 16.1. The average Bonchev–Trinajstić information content (AvgIpc) is 2.53. The Hall–Kier alpha value is -2.17. The number of carbonyl (C=O) groups excluding carboxylic acids is 1. The maximum absolute atomic E-state index is 11.7. The molecule has 3 rings (SSSR count). The molecule has 0 saturated carbocycles. The maximum atomic E-state index is 11.7. The van der Waals surface area contributed by atoms with E-state index in [0.29, 0.717) is 0 Å². The van der Waals surface area contributed by atoms with E-state index in [1.54, 1.807) is 7.05 Å². The second-order valence-corrected chi connectivity index (χ2v) is 5.50. The van der Waals surface area contributed by atoms with Crippen LogP contribution in [0.15, 0.2) is 24.3 Å². The van der Waals surface area contributed by atoms with Crippen molar-refractivity contribution < 1.29 is 4.79 Å². The Morgan fingerprint density at radius 2 is 1.81 bits per heavy atom. The van der Waals surface area contributed by atoms with Gasteiger partial charge in [-0.2, -0.15) is 0 Å². The van der Waals surface area contributed by atoms with Crippen LogP contribution in [0.5, 0.6) is 0 Å². The molecule has 0 atom stereocenters. The molecule has 1 fully saturated rings. The predicted molar refractivity (Wildman–Crippen MR) is 83.3 cm³/mol. The van der Waals surface area contributed by atoms with Crippen molar-refractivity contribution >= 4 is 22.8 Å². The van der Waals surface area contributed by atoms with Gasteiger partial charge in [-0.1, -0.05) is 12.1 Å². The Kier molecular flexibility index (Phi) is 3.73. The molecule has 2 heterocycles. The van der Waals surface area contributed by atoms with E-state index in [-0.39, 0.29) is 11.8 Å². The van der Waals surface area contributed by atoms with Gasteiger partial charge in [0.15, 0.2) is 5.82 Å². The largest absolute Gasteiger partial charge is 0.359 e. The molecule has 0 unspecified atom stereocenters. The van der Waals surface area contributed by atoms with Gasteiger partial charge in [0.05, 0.1) is 16.7 Å². The smallest absolute Gasteiger partial charge is 0.222 e. The first kappa shape index (κ1) is 13.8. The van der Waals surface area contributed by atoms with Gasteiger partial charge in [-0.3, -0.25) is 4.79 Å². The molecule has 21 heavy (non-hydrogen) atoms. The molecule has 110 valence electrons. The summed E-state index contributed by atoms with van der Waals surface area (Å²) in [6.45, 7) is 3.71.